The summed E-state index contributed by atoms with van der Waals surface area (Å²) in [7, 11) is 1.88. The van der Waals surface area contributed by atoms with Crippen LogP contribution in [-0.4, -0.2) is 36.0 Å². The van der Waals surface area contributed by atoms with Gasteiger partial charge in [0.25, 0.3) is 0 Å². The Kier molecular flexibility index (Phi) is 4.36. The number of nitrogens with zero attached hydrogens (tertiary/aromatic N) is 1. The monoisotopic (exact) mass is 187 g/mol. The quantitative estimate of drug-likeness (QED) is 0.632. The maximum Gasteiger partial charge on any atom is 0.234 e. The molecule has 1 amide bonds. The van der Waals surface area contributed by atoms with E-state index in [1.807, 2.05) is 32.7 Å². The lowest BCUT2D eigenvalue weighted by Gasteiger charge is -2.38. The Labute approximate surface area is 80.3 Å². The molecule has 1 atom stereocenters. The molecule has 0 aliphatic rings. The van der Waals surface area contributed by atoms with Gasteiger partial charge in [-0.3, -0.25) is 9.69 Å². The highest BCUT2D eigenvalue weighted by Gasteiger charge is 2.30. The van der Waals surface area contributed by atoms with Gasteiger partial charge < -0.3 is 11.5 Å². The molecule has 0 spiro atoms. The number of primary amides is 1. The van der Waals surface area contributed by atoms with Crippen LogP contribution in [0.5, 0.6) is 0 Å². The van der Waals surface area contributed by atoms with E-state index >= 15 is 0 Å². The van der Waals surface area contributed by atoms with Crippen LogP contribution in [0.4, 0.5) is 0 Å². The Morgan fingerprint density at radius 1 is 1.54 bits per heavy atom. The van der Waals surface area contributed by atoms with Crippen LogP contribution in [0.3, 0.4) is 0 Å². The predicted octanol–water partition coefficient (Wildman–Crippen LogP) is -0.0806. The van der Waals surface area contributed by atoms with Gasteiger partial charge in [-0.15, -0.1) is 0 Å². The van der Waals surface area contributed by atoms with E-state index in [1.54, 1.807) is 0 Å². The molecule has 0 aromatic heterocycles. The van der Waals surface area contributed by atoms with Crippen LogP contribution in [0.2, 0.25) is 0 Å². The number of likely N-dealkylation sites (N-methyl/N-ethyl adjacent to an activating group) is 1. The molecule has 0 bridgehead atoms. The lowest BCUT2D eigenvalue weighted by Crippen LogP contribution is -2.55. The van der Waals surface area contributed by atoms with Crippen molar-refractivity contribution in [3.8, 4) is 0 Å². The van der Waals surface area contributed by atoms with Gasteiger partial charge in [0.15, 0.2) is 0 Å². The van der Waals surface area contributed by atoms with Crippen molar-refractivity contribution >= 4 is 5.91 Å². The molecule has 0 radical (unpaired) electrons. The molecule has 0 rings (SSSR count). The molecule has 4 nitrogen and oxygen atoms in total. The van der Waals surface area contributed by atoms with Crippen molar-refractivity contribution in [2.75, 3.05) is 13.6 Å². The van der Waals surface area contributed by atoms with Gasteiger partial charge in [0.1, 0.15) is 0 Å². The van der Waals surface area contributed by atoms with Gasteiger partial charge in [0, 0.05) is 12.1 Å². The van der Waals surface area contributed by atoms with Gasteiger partial charge in [-0.1, -0.05) is 6.92 Å². The fourth-order valence-electron chi connectivity index (χ4n) is 1.23. The van der Waals surface area contributed by atoms with E-state index in [0.29, 0.717) is 6.54 Å². The average Bonchev–Trinajstić information content (AvgIpc) is 2.05. The minimum atomic E-state index is -0.286. The number of nitrogens with two attached hydrogens (primary N) is 2. The summed E-state index contributed by atoms with van der Waals surface area (Å²) in [6.45, 7) is 6.45. The zero-order valence-corrected chi connectivity index (χ0v) is 9.00. The van der Waals surface area contributed by atoms with E-state index in [9.17, 15) is 4.79 Å². The molecule has 13 heavy (non-hydrogen) atoms. The molecule has 0 saturated carbocycles. The molecular formula is C9H21N3O. The van der Waals surface area contributed by atoms with Crippen molar-refractivity contribution in [1.29, 1.82) is 0 Å². The lowest BCUT2D eigenvalue weighted by atomic mass is 10.00. The Balaban J connectivity index is 4.54. The summed E-state index contributed by atoms with van der Waals surface area (Å²) in [6.07, 6.45) is 0.718. The fourth-order valence-corrected chi connectivity index (χ4v) is 1.23. The molecule has 0 aliphatic carbocycles. The Morgan fingerprint density at radius 3 is 2.23 bits per heavy atom. The van der Waals surface area contributed by atoms with Gasteiger partial charge in [-0.25, -0.2) is 0 Å². The highest BCUT2D eigenvalue weighted by atomic mass is 16.1. The summed E-state index contributed by atoms with van der Waals surface area (Å²) in [4.78, 5) is 13.0. The molecule has 4 heteroatoms. The summed E-state index contributed by atoms with van der Waals surface area (Å²) in [6, 6.07) is -0.224. The largest absolute Gasteiger partial charge is 0.368 e. The summed E-state index contributed by atoms with van der Waals surface area (Å²) < 4.78 is 0. The summed E-state index contributed by atoms with van der Waals surface area (Å²) in [5, 5.41) is 0. The first kappa shape index (κ1) is 12.4. The molecule has 0 aromatic rings. The van der Waals surface area contributed by atoms with Crippen molar-refractivity contribution in [2.24, 2.45) is 11.5 Å². The highest BCUT2D eigenvalue weighted by molar-refractivity contribution is 5.79. The van der Waals surface area contributed by atoms with Crippen molar-refractivity contribution in [3.05, 3.63) is 0 Å². The van der Waals surface area contributed by atoms with Crippen molar-refractivity contribution in [3.63, 3.8) is 0 Å². The van der Waals surface area contributed by atoms with Crippen LogP contribution in [0, 0.1) is 0 Å². The standard InChI is InChI=1S/C9H21N3O/c1-5-7(8(11)13)12(4)9(2,3)6-10/h7H,5-6,10H2,1-4H3,(H2,11,13). The van der Waals surface area contributed by atoms with Crippen LogP contribution in [0.1, 0.15) is 27.2 Å². The first-order chi connectivity index (χ1) is 5.86. The zero-order chi connectivity index (χ0) is 10.6. The average molecular weight is 187 g/mol. The maximum atomic E-state index is 11.1. The first-order valence-electron chi connectivity index (χ1n) is 4.59. The van der Waals surface area contributed by atoms with E-state index in [0.717, 1.165) is 6.42 Å². The molecule has 0 heterocycles. The lowest BCUT2D eigenvalue weighted by molar-refractivity contribution is -0.124. The second kappa shape index (κ2) is 4.58. The third-order valence-corrected chi connectivity index (χ3v) is 2.64. The number of hydrogen-bond donors (Lipinski definition) is 2. The maximum absolute atomic E-state index is 11.1. The van der Waals surface area contributed by atoms with Crippen LogP contribution in [0.15, 0.2) is 0 Å². The molecule has 1 unspecified atom stereocenters. The van der Waals surface area contributed by atoms with Gasteiger partial charge >= 0.3 is 0 Å². The van der Waals surface area contributed by atoms with Gasteiger partial charge in [0.2, 0.25) is 5.91 Å². The van der Waals surface area contributed by atoms with E-state index < -0.39 is 0 Å². The SMILES string of the molecule is CCC(C(N)=O)N(C)C(C)(C)CN. The van der Waals surface area contributed by atoms with Gasteiger partial charge in [0.05, 0.1) is 6.04 Å². The van der Waals surface area contributed by atoms with E-state index in [4.69, 9.17) is 11.5 Å². The van der Waals surface area contributed by atoms with Crippen LogP contribution < -0.4 is 11.5 Å². The van der Waals surface area contributed by atoms with Crippen LogP contribution >= 0.6 is 0 Å². The van der Waals surface area contributed by atoms with Crippen LogP contribution in [0.25, 0.3) is 0 Å². The highest BCUT2D eigenvalue weighted by Crippen LogP contribution is 2.15. The Morgan fingerprint density at radius 2 is 2.00 bits per heavy atom. The van der Waals surface area contributed by atoms with Crippen molar-refractivity contribution < 1.29 is 4.79 Å². The van der Waals surface area contributed by atoms with Gasteiger partial charge in [-0.05, 0) is 27.3 Å². The third kappa shape index (κ3) is 2.97. The first-order valence-corrected chi connectivity index (χ1v) is 4.59. The summed E-state index contributed by atoms with van der Waals surface area (Å²) in [5.74, 6) is -0.286. The number of rotatable bonds is 5. The smallest absolute Gasteiger partial charge is 0.234 e. The number of carbonyl (C=O) groups is 1. The Bertz CT molecular complexity index is 180. The third-order valence-electron chi connectivity index (χ3n) is 2.64. The van der Waals surface area contributed by atoms with E-state index in [2.05, 4.69) is 0 Å². The number of carbonyl (C=O) groups excluding carboxylic acids is 1. The molecule has 0 aliphatic heterocycles. The zero-order valence-electron chi connectivity index (χ0n) is 9.00. The van der Waals surface area contributed by atoms with Crippen LogP contribution in [-0.2, 0) is 4.79 Å². The second-order valence-corrected chi connectivity index (χ2v) is 3.95. The fraction of sp³-hybridized carbons (Fsp3) is 0.889. The minimum Gasteiger partial charge on any atom is -0.368 e. The molecule has 4 N–H and O–H groups in total. The summed E-state index contributed by atoms with van der Waals surface area (Å²) >= 11 is 0. The molecular weight excluding hydrogens is 166 g/mol. The second-order valence-electron chi connectivity index (χ2n) is 3.95. The molecule has 0 saturated heterocycles. The minimum absolute atomic E-state index is 0.185. The summed E-state index contributed by atoms with van der Waals surface area (Å²) in [5.41, 5.74) is 10.7. The molecule has 0 aromatic carbocycles. The van der Waals surface area contributed by atoms with Crippen molar-refractivity contribution in [1.82, 2.24) is 4.90 Å². The molecule has 78 valence electrons. The van der Waals surface area contributed by atoms with Gasteiger partial charge in [-0.2, -0.15) is 0 Å². The Hall–Kier alpha value is -0.610. The van der Waals surface area contributed by atoms with E-state index in [1.165, 1.54) is 0 Å². The normalized spacial score (nSPS) is 14.6. The number of amides is 1. The van der Waals surface area contributed by atoms with E-state index in [-0.39, 0.29) is 17.5 Å². The van der Waals surface area contributed by atoms with Crippen molar-refractivity contribution in [2.45, 2.75) is 38.8 Å². The molecule has 0 fully saturated rings. The topological polar surface area (TPSA) is 72.4 Å². The predicted molar refractivity (Wildman–Crippen MR) is 54.2 cm³/mol. The number of hydrogen-bond acceptors (Lipinski definition) is 3.